The number of oxazole rings is 1. The molecule has 20 heavy (non-hydrogen) atoms. The molecule has 1 aromatic heterocycles. The quantitative estimate of drug-likeness (QED) is 0.928. The highest BCUT2D eigenvalue weighted by Gasteiger charge is 2.22. The van der Waals surface area contributed by atoms with Crippen molar-refractivity contribution in [2.45, 2.75) is 25.9 Å². The van der Waals surface area contributed by atoms with E-state index in [2.05, 4.69) is 10.3 Å². The predicted molar refractivity (Wildman–Crippen MR) is 73.9 cm³/mol. The highest BCUT2D eigenvalue weighted by molar-refractivity contribution is 5.43. The lowest BCUT2D eigenvalue weighted by Gasteiger charge is -2.26. The fourth-order valence-electron chi connectivity index (χ4n) is 2.41. The van der Waals surface area contributed by atoms with Crippen molar-refractivity contribution in [2.75, 3.05) is 13.7 Å². The number of methoxy groups -OCH3 is 1. The average Bonchev–Trinajstić information content (AvgIpc) is 2.90. The van der Waals surface area contributed by atoms with Crippen LogP contribution < -0.4 is 14.8 Å². The van der Waals surface area contributed by atoms with Gasteiger partial charge in [0.15, 0.2) is 0 Å². The van der Waals surface area contributed by atoms with Gasteiger partial charge >= 0.3 is 0 Å². The van der Waals surface area contributed by atoms with Crippen LogP contribution in [0.25, 0.3) is 0 Å². The van der Waals surface area contributed by atoms with Gasteiger partial charge < -0.3 is 19.2 Å². The van der Waals surface area contributed by atoms with Crippen LogP contribution in [0.1, 0.15) is 29.7 Å². The monoisotopic (exact) mass is 274 g/mol. The van der Waals surface area contributed by atoms with Gasteiger partial charge in [-0.2, -0.15) is 0 Å². The Morgan fingerprint density at radius 2 is 2.35 bits per heavy atom. The Bertz CT molecular complexity index is 595. The van der Waals surface area contributed by atoms with E-state index in [9.17, 15) is 0 Å². The molecule has 5 nitrogen and oxygen atoms in total. The fraction of sp³-hybridized carbons (Fsp3) is 0.400. The smallest absolute Gasteiger partial charge is 0.208 e. The first kappa shape index (κ1) is 13.0. The molecule has 106 valence electrons. The summed E-state index contributed by atoms with van der Waals surface area (Å²) in [6.07, 6.45) is 2.65. The number of aryl methyl sites for hydroxylation is 1. The number of hydrogen-bond acceptors (Lipinski definition) is 5. The fourth-order valence-corrected chi connectivity index (χ4v) is 2.41. The Hall–Kier alpha value is -2.01. The van der Waals surface area contributed by atoms with Gasteiger partial charge in [-0.3, -0.25) is 0 Å². The summed E-state index contributed by atoms with van der Waals surface area (Å²) in [6.45, 7) is 3.21. The highest BCUT2D eigenvalue weighted by atomic mass is 16.5. The summed E-state index contributed by atoms with van der Waals surface area (Å²) in [5.41, 5.74) is 1.12. The van der Waals surface area contributed by atoms with Crippen molar-refractivity contribution in [1.29, 1.82) is 0 Å². The second-order valence-corrected chi connectivity index (χ2v) is 4.84. The summed E-state index contributed by atoms with van der Waals surface area (Å²) in [6, 6.07) is 6.11. The molecule has 0 saturated heterocycles. The molecule has 0 spiro atoms. The maximum Gasteiger partial charge on any atom is 0.208 e. The van der Waals surface area contributed by atoms with Crippen LogP contribution in [-0.4, -0.2) is 18.7 Å². The van der Waals surface area contributed by atoms with Crippen molar-refractivity contribution in [3.8, 4) is 11.5 Å². The average molecular weight is 274 g/mol. The van der Waals surface area contributed by atoms with Gasteiger partial charge in [0, 0.05) is 18.0 Å². The lowest BCUT2D eigenvalue weighted by molar-refractivity contribution is 0.248. The number of nitrogens with one attached hydrogen (secondary N) is 1. The van der Waals surface area contributed by atoms with Crippen molar-refractivity contribution in [2.24, 2.45) is 0 Å². The number of aromatic nitrogens is 1. The molecular formula is C15H18N2O3. The summed E-state index contributed by atoms with van der Waals surface area (Å²) < 4.78 is 16.4. The van der Waals surface area contributed by atoms with E-state index < -0.39 is 0 Å². The standard InChI is InChI=1S/C15H18N2O3/c1-10-8-17-15(20-10)9-16-13-5-6-19-14-4-3-11(18-2)7-12(13)14/h3-4,7-8,13,16H,5-6,9H2,1-2H3. The van der Waals surface area contributed by atoms with Crippen LogP contribution in [0.2, 0.25) is 0 Å². The summed E-state index contributed by atoms with van der Waals surface area (Å²) in [4.78, 5) is 4.20. The van der Waals surface area contributed by atoms with Gasteiger partial charge in [-0.15, -0.1) is 0 Å². The van der Waals surface area contributed by atoms with Gasteiger partial charge in [0.25, 0.3) is 0 Å². The van der Waals surface area contributed by atoms with Gasteiger partial charge in [-0.25, -0.2) is 4.98 Å². The Balaban J connectivity index is 1.75. The summed E-state index contributed by atoms with van der Waals surface area (Å²) >= 11 is 0. The molecule has 1 unspecified atom stereocenters. The molecule has 2 aromatic rings. The highest BCUT2D eigenvalue weighted by Crippen LogP contribution is 2.34. The maximum atomic E-state index is 5.67. The molecular weight excluding hydrogens is 256 g/mol. The van der Waals surface area contributed by atoms with Crippen LogP contribution in [0.5, 0.6) is 11.5 Å². The molecule has 2 heterocycles. The molecule has 0 saturated carbocycles. The van der Waals surface area contributed by atoms with Crippen molar-refractivity contribution >= 4 is 0 Å². The summed E-state index contributed by atoms with van der Waals surface area (Å²) in [5.74, 6) is 3.29. The van der Waals surface area contributed by atoms with Crippen molar-refractivity contribution in [1.82, 2.24) is 10.3 Å². The van der Waals surface area contributed by atoms with Gasteiger partial charge in [-0.05, 0) is 25.1 Å². The third kappa shape index (κ3) is 2.63. The van der Waals surface area contributed by atoms with Crippen LogP contribution in [-0.2, 0) is 6.54 Å². The normalized spacial score (nSPS) is 17.4. The number of hydrogen-bond donors (Lipinski definition) is 1. The van der Waals surface area contributed by atoms with E-state index in [0.29, 0.717) is 19.0 Å². The van der Waals surface area contributed by atoms with Crippen LogP contribution in [0.4, 0.5) is 0 Å². The molecule has 1 aromatic carbocycles. The molecule has 0 bridgehead atoms. The third-order valence-electron chi connectivity index (χ3n) is 3.43. The van der Waals surface area contributed by atoms with Gasteiger partial charge in [0.2, 0.25) is 5.89 Å². The van der Waals surface area contributed by atoms with Crippen LogP contribution in [0.3, 0.4) is 0 Å². The van der Waals surface area contributed by atoms with Crippen LogP contribution in [0.15, 0.2) is 28.8 Å². The number of ether oxygens (including phenoxy) is 2. The second-order valence-electron chi connectivity index (χ2n) is 4.84. The Morgan fingerprint density at radius 3 is 3.10 bits per heavy atom. The van der Waals surface area contributed by atoms with E-state index in [0.717, 1.165) is 29.2 Å². The molecule has 0 radical (unpaired) electrons. The zero-order valence-corrected chi connectivity index (χ0v) is 11.7. The summed E-state index contributed by atoms with van der Waals surface area (Å²) in [7, 11) is 1.67. The second kappa shape index (κ2) is 5.54. The molecule has 1 aliphatic rings. The molecule has 1 N–H and O–H groups in total. The molecule has 5 heteroatoms. The molecule has 0 aliphatic carbocycles. The Morgan fingerprint density at radius 1 is 1.45 bits per heavy atom. The van der Waals surface area contributed by atoms with Crippen molar-refractivity contribution < 1.29 is 13.9 Å². The van der Waals surface area contributed by atoms with E-state index in [-0.39, 0.29) is 6.04 Å². The molecule has 0 fully saturated rings. The van der Waals surface area contributed by atoms with E-state index in [1.54, 1.807) is 13.3 Å². The Labute approximate surface area is 117 Å². The lowest BCUT2D eigenvalue weighted by Crippen LogP contribution is -2.26. The molecule has 3 rings (SSSR count). The predicted octanol–water partition coefficient (Wildman–Crippen LogP) is 2.61. The van der Waals surface area contributed by atoms with E-state index in [4.69, 9.17) is 13.9 Å². The van der Waals surface area contributed by atoms with E-state index in [1.165, 1.54) is 0 Å². The lowest BCUT2D eigenvalue weighted by atomic mass is 10.0. The molecule has 1 aliphatic heterocycles. The zero-order chi connectivity index (χ0) is 13.9. The van der Waals surface area contributed by atoms with E-state index >= 15 is 0 Å². The first-order chi connectivity index (χ1) is 9.76. The van der Waals surface area contributed by atoms with E-state index in [1.807, 2.05) is 25.1 Å². The largest absolute Gasteiger partial charge is 0.497 e. The van der Waals surface area contributed by atoms with Gasteiger partial charge in [0.1, 0.15) is 17.3 Å². The topological polar surface area (TPSA) is 56.5 Å². The SMILES string of the molecule is COc1ccc2c(c1)C(NCc1ncc(C)o1)CCO2. The van der Waals surface area contributed by atoms with Crippen LogP contribution >= 0.6 is 0 Å². The van der Waals surface area contributed by atoms with Crippen molar-refractivity contribution in [3.05, 3.63) is 41.6 Å². The first-order valence-corrected chi connectivity index (χ1v) is 6.71. The number of fused-ring (bicyclic) bond motifs is 1. The minimum Gasteiger partial charge on any atom is -0.497 e. The van der Waals surface area contributed by atoms with Crippen LogP contribution in [0, 0.1) is 6.92 Å². The first-order valence-electron chi connectivity index (χ1n) is 6.71. The maximum absolute atomic E-state index is 5.67. The zero-order valence-electron chi connectivity index (χ0n) is 11.7. The summed E-state index contributed by atoms with van der Waals surface area (Å²) in [5, 5.41) is 3.47. The minimum atomic E-state index is 0.223. The Kier molecular flexibility index (Phi) is 3.60. The molecule has 0 amide bonds. The van der Waals surface area contributed by atoms with Gasteiger partial charge in [-0.1, -0.05) is 0 Å². The number of benzene rings is 1. The van der Waals surface area contributed by atoms with Gasteiger partial charge in [0.05, 0.1) is 26.5 Å². The minimum absolute atomic E-state index is 0.223. The van der Waals surface area contributed by atoms with Crippen molar-refractivity contribution in [3.63, 3.8) is 0 Å². The number of nitrogens with zero attached hydrogens (tertiary/aromatic N) is 1. The third-order valence-corrected chi connectivity index (χ3v) is 3.43. The number of rotatable bonds is 4. The molecule has 1 atom stereocenters.